The predicted molar refractivity (Wildman–Crippen MR) is 128 cm³/mol. The van der Waals surface area contributed by atoms with Crippen LogP contribution >= 0.6 is 0 Å². The van der Waals surface area contributed by atoms with Crippen molar-refractivity contribution in [2.24, 2.45) is 0 Å². The fourth-order valence-corrected chi connectivity index (χ4v) is 4.90. The first-order valence-corrected chi connectivity index (χ1v) is 12.8. The molecular formula is C24H16N2Na4O6RuS2+6. The molecule has 0 saturated carbocycles. The Kier molecular flexibility index (Phi) is 16.5. The Hall–Kier alpha value is 0.923. The van der Waals surface area contributed by atoms with Gasteiger partial charge in [0.2, 0.25) is 0 Å². The SMILES string of the molecule is O=S(=O)(O)c1ccc(-c2ccnc3c2ccc2c(-c4ccc(S(=O)(=O)O)cc4)ccnc23)cc1.[Na+].[Na+].[Na+].[Na+].[Ru+2]. The van der Waals surface area contributed by atoms with Crippen LogP contribution in [-0.4, -0.2) is 35.9 Å². The maximum Gasteiger partial charge on any atom is 2.00 e. The van der Waals surface area contributed by atoms with Crippen LogP contribution in [0.3, 0.4) is 0 Å². The van der Waals surface area contributed by atoms with E-state index in [1.807, 2.05) is 24.3 Å². The van der Waals surface area contributed by atoms with Gasteiger partial charge in [-0.2, -0.15) is 16.8 Å². The molecule has 5 rings (SSSR count). The molecule has 3 aromatic carbocycles. The van der Waals surface area contributed by atoms with Gasteiger partial charge in [-0.25, -0.2) is 0 Å². The molecule has 0 saturated heterocycles. The summed E-state index contributed by atoms with van der Waals surface area (Å²) >= 11 is 0. The number of rotatable bonds is 4. The van der Waals surface area contributed by atoms with Crippen LogP contribution in [-0.2, 0) is 39.7 Å². The largest absolute Gasteiger partial charge is 2.00 e. The summed E-state index contributed by atoms with van der Waals surface area (Å²) in [5.74, 6) is 0. The van der Waals surface area contributed by atoms with Gasteiger partial charge < -0.3 is 0 Å². The van der Waals surface area contributed by atoms with Crippen LogP contribution in [0.2, 0.25) is 0 Å². The summed E-state index contributed by atoms with van der Waals surface area (Å²) in [4.78, 5) is 8.67. The van der Waals surface area contributed by atoms with Crippen molar-refractivity contribution in [3.05, 3.63) is 85.2 Å². The first kappa shape index (κ1) is 39.9. The third-order valence-corrected chi connectivity index (χ3v) is 7.28. The topological polar surface area (TPSA) is 135 Å². The van der Waals surface area contributed by atoms with E-state index in [9.17, 15) is 25.9 Å². The monoisotopic (exact) mass is 686 g/mol. The van der Waals surface area contributed by atoms with Crippen molar-refractivity contribution in [3.8, 4) is 22.3 Å². The Morgan fingerprint density at radius 3 is 1.08 bits per heavy atom. The normalized spacial score (nSPS) is 10.7. The Balaban J connectivity index is 0.00000289. The molecule has 0 unspecified atom stereocenters. The van der Waals surface area contributed by atoms with E-state index in [-0.39, 0.29) is 147 Å². The van der Waals surface area contributed by atoms with Crippen molar-refractivity contribution in [2.45, 2.75) is 9.79 Å². The first-order valence-electron chi connectivity index (χ1n) is 9.95. The average molecular weight is 686 g/mol. The minimum Gasteiger partial charge on any atom is -0.282 e. The molecule has 0 aliphatic rings. The quantitative estimate of drug-likeness (QED) is 0.108. The summed E-state index contributed by atoms with van der Waals surface area (Å²) in [5, 5.41) is 1.61. The minimum atomic E-state index is -4.28. The van der Waals surface area contributed by atoms with E-state index in [0.717, 1.165) is 33.0 Å². The van der Waals surface area contributed by atoms with Crippen molar-refractivity contribution in [1.82, 2.24) is 9.97 Å². The molecule has 2 heterocycles. The number of aromatic nitrogens is 2. The van der Waals surface area contributed by atoms with E-state index in [4.69, 9.17) is 0 Å². The third-order valence-electron chi connectivity index (χ3n) is 5.55. The van der Waals surface area contributed by atoms with Crippen LogP contribution in [0.5, 0.6) is 0 Å². The van der Waals surface area contributed by atoms with Gasteiger partial charge in [0.25, 0.3) is 20.2 Å². The van der Waals surface area contributed by atoms with E-state index < -0.39 is 20.2 Å². The Labute approximate surface area is 327 Å². The molecule has 5 aromatic rings. The summed E-state index contributed by atoms with van der Waals surface area (Å²) in [6, 6.07) is 19.2. The Bertz CT molecular complexity index is 1670. The summed E-state index contributed by atoms with van der Waals surface area (Å²) in [7, 11) is -8.57. The molecule has 0 spiro atoms. The van der Waals surface area contributed by atoms with E-state index in [2.05, 4.69) is 9.97 Å². The van der Waals surface area contributed by atoms with E-state index in [1.165, 1.54) is 24.3 Å². The van der Waals surface area contributed by atoms with Crippen LogP contribution in [0.25, 0.3) is 44.1 Å². The second kappa shape index (κ2) is 16.1. The van der Waals surface area contributed by atoms with E-state index >= 15 is 0 Å². The molecule has 2 N–H and O–H groups in total. The number of nitrogens with zero attached hydrogens (tertiary/aromatic N) is 2. The molecule has 39 heavy (non-hydrogen) atoms. The maximum atomic E-state index is 11.4. The maximum absolute atomic E-state index is 11.4. The average Bonchev–Trinajstić information content (AvgIpc) is 2.82. The molecule has 0 atom stereocenters. The smallest absolute Gasteiger partial charge is 0.282 e. The van der Waals surface area contributed by atoms with Crippen LogP contribution in [0.4, 0.5) is 0 Å². The fraction of sp³-hybridized carbons (Fsp3) is 0. The Morgan fingerprint density at radius 1 is 0.487 bits per heavy atom. The summed E-state index contributed by atoms with van der Waals surface area (Å²) in [5.41, 5.74) is 4.42. The molecule has 0 bridgehead atoms. The fourth-order valence-electron chi connectivity index (χ4n) is 3.94. The molecule has 0 aliphatic carbocycles. The molecular weight excluding hydrogens is 669 g/mol. The van der Waals surface area contributed by atoms with Gasteiger partial charge >= 0.3 is 138 Å². The van der Waals surface area contributed by atoms with Gasteiger partial charge in [0.05, 0.1) is 20.8 Å². The van der Waals surface area contributed by atoms with Crippen LogP contribution in [0, 0.1) is 0 Å². The minimum absolute atomic E-state index is 0. The van der Waals surface area contributed by atoms with Crippen molar-refractivity contribution >= 4 is 42.0 Å². The third kappa shape index (κ3) is 8.74. The van der Waals surface area contributed by atoms with Crippen LogP contribution in [0.15, 0.2) is 95.0 Å². The second-order valence-electron chi connectivity index (χ2n) is 7.57. The molecule has 0 fully saturated rings. The number of fused-ring (bicyclic) bond motifs is 3. The van der Waals surface area contributed by atoms with Gasteiger partial charge in [0.1, 0.15) is 0 Å². The zero-order valence-corrected chi connectivity index (χ0v) is 33.0. The summed E-state index contributed by atoms with van der Waals surface area (Å²) in [6.45, 7) is 0. The first-order chi connectivity index (χ1) is 16.1. The van der Waals surface area contributed by atoms with Gasteiger partial charge in [-0.3, -0.25) is 19.1 Å². The molecule has 8 nitrogen and oxygen atoms in total. The zero-order valence-electron chi connectivity index (χ0n) is 21.7. The van der Waals surface area contributed by atoms with E-state index in [1.54, 1.807) is 36.7 Å². The van der Waals surface area contributed by atoms with Gasteiger partial charge in [-0.05, 0) is 58.7 Å². The molecule has 0 radical (unpaired) electrons. The van der Waals surface area contributed by atoms with Gasteiger partial charge in [-0.1, -0.05) is 36.4 Å². The van der Waals surface area contributed by atoms with Crippen LogP contribution in [0.1, 0.15) is 0 Å². The number of benzene rings is 3. The summed E-state index contributed by atoms with van der Waals surface area (Å²) < 4.78 is 63.9. The standard InChI is InChI=1S/C24H16N2O6S2.4Na.Ru/c27-33(28,29)17-5-1-15(2-6-17)19-11-13-25-23-21(19)9-10-22-20(12-14-26-24(22)23)16-3-7-18(8-4-16)34(30,31)32;;;;;/h1-14H,(H,27,28,29)(H,30,31,32);;;;;/q;4*+1;+2. The molecule has 176 valence electrons. The number of hydrogen-bond acceptors (Lipinski definition) is 6. The van der Waals surface area contributed by atoms with Crippen molar-refractivity contribution in [2.75, 3.05) is 0 Å². The van der Waals surface area contributed by atoms with Gasteiger partial charge in [-0.15, -0.1) is 0 Å². The molecule has 2 aromatic heterocycles. The van der Waals surface area contributed by atoms with Gasteiger partial charge in [0.15, 0.2) is 0 Å². The van der Waals surface area contributed by atoms with Crippen molar-refractivity contribution in [1.29, 1.82) is 0 Å². The second-order valence-corrected chi connectivity index (χ2v) is 10.4. The number of pyridine rings is 2. The Morgan fingerprint density at radius 2 is 0.795 bits per heavy atom. The van der Waals surface area contributed by atoms with Crippen molar-refractivity contribution < 1.29 is 164 Å². The number of hydrogen-bond donors (Lipinski definition) is 2. The zero-order chi connectivity index (χ0) is 24.1. The van der Waals surface area contributed by atoms with Crippen molar-refractivity contribution in [3.63, 3.8) is 0 Å². The predicted octanol–water partition coefficient (Wildman–Crippen LogP) is -7.38. The van der Waals surface area contributed by atoms with E-state index in [0.29, 0.717) is 11.0 Å². The molecule has 0 aliphatic heterocycles. The summed E-state index contributed by atoms with van der Waals surface area (Å²) in [6.07, 6.45) is 3.28. The van der Waals surface area contributed by atoms with Gasteiger partial charge in [0, 0.05) is 23.2 Å². The molecule has 0 amide bonds. The molecule has 15 heteroatoms. The van der Waals surface area contributed by atoms with Crippen LogP contribution < -0.4 is 118 Å².